The van der Waals surface area contributed by atoms with Gasteiger partial charge < -0.3 is 4.90 Å². The van der Waals surface area contributed by atoms with Crippen molar-refractivity contribution in [2.24, 2.45) is 0 Å². The Bertz CT molecular complexity index is 383. The molecule has 0 aromatic heterocycles. The number of carbonyl (C=O) groups excluding carboxylic acids is 1. The Hall–Kier alpha value is -0.830. The van der Waals surface area contributed by atoms with Gasteiger partial charge in [-0.2, -0.15) is 0 Å². The lowest BCUT2D eigenvalue weighted by Gasteiger charge is -2.23. The van der Waals surface area contributed by atoms with Crippen LogP contribution in [0.25, 0.3) is 0 Å². The van der Waals surface area contributed by atoms with Crippen LogP contribution in [0.3, 0.4) is 0 Å². The Balaban J connectivity index is 2.94. The van der Waals surface area contributed by atoms with Gasteiger partial charge in [-0.05, 0) is 31.4 Å². The molecular formula is C15H22BrNO. The monoisotopic (exact) mass is 311 g/mol. The highest BCUT2D eigenvalue weighted by Crippen LogP contribution is 2.16. The van der Waals surface area contributed by atoms with Gasteiger partial charge in [-0.1, -0.05) is 47.5 Å². The van der Waals surface area contributed by atoms with Gasteiger partial charge in [-0.15, -0.1) is 0 Å². The first-order chi connectivity index (χ1) is 8.61. The van der Waals surface area contributed by atoms with E-state index in [9.17, 15) is 4.79 Å². The van der Waals surface area contributed by atoms with Crippen molar-refractivity contribution in [3.8, 4) is 0 Å². The Morgan fingerprint density at radius 3 is 2.33 bits per heavy atom. The van der Waals surface area contributed by atoms with Crippen LogP contribution < -0.4 is 0 Å². The van der Waals surface area contributed by atoms with Gasteiger partial charge in [0.15, 0.2) is 0 Å². The molecule has 0 unspecified atom stereocenters. The highest BCUT2D eigenvalue weighted by Gasteiger charge is 2.18. The molecule has 0 saturated heterocycles. The van der Waals surface area contributed by atoms with E-state index in [1.165, 1.54) is 0 Å². The van der Waals surface area contributed by atoms with Crippen LogP contribution in [0.1, 0.15) is 41.3 Å². The number of amides is 1. The van der Waals surface area contributed by atoms with E-state index >= 15 is 0 Å². The molecule has 0 radical (unpaired) electrons. The number of carbonyl (C=O) groups is 1. The summed E-state index contributed by atoms with van der Waals surface area (Å²) in [5.74, 6) is 0.165. The van der Waals surface area contributed by atoms with Crippen molar-refractivity contribution >= 4 is 21.8 Å². The molecule has 0 spiro atoms. The van der Waals surface area contributed by atoms with Gasteiger partial charge in [0.05, 0.1) is 0 Å². The summed E-state index contributed by atoms with van der Waals surface area (Å²) >= 11 is 3.43. The van der Waals surface area contributed by atoms with Crippen LogP contribution in [0.15, 0.2) is 18.2 Å². The third-order valence-corrected chi connectivity index (χ3v) is 3.47. The van der Waals surface area contributed by atoms with Gasteiger partial charge in [-0.25, -0.2) is 0 Å². The van der Waals surface area contributed by atoms with Crippen LogP contribution >= 0.6 is 15.9 Å². The molecule has 0 aliphatic carbocycles. The van der Waals surface area contributed by atoms with Gasteiger partial charge >= 0.3 is 0 Å². The molecule has 0 aliphatic heterocycles. The van der Waals surface area contributed by atoms with E-state index in [1.54, 1.807) is 0 Å². The molecule has 100 valence electrons. The van der Waals surface area contributed by atoms with Crippen molar-refractivity contribution in [2.75, 3.05) is 18.4 Å². The summed E-state index contributed by atoms with van der Waals surface area (Å²) in [5, 5.41) is 0.827. The lowest BCUT2D eigenvalue weighted by atomic mass is 10.0. The van der Waals surface area contributed by atoms with Crippen LogP contribution in [0, 0.1) is 13.8 Å². The predicted molar refractivity (Wildman–Crippen MR) is 80.5 cm³/mol. The van der Waals surface area contributed by atoms with Gasteiger partial charge in [0.1, 0.15) is 0 Å². The maximum atomic E-state index is 12.6. The number of unbranched alkanes of at least 4 members (excludes halogenated alkanes) is 1. The number of benzene rings is 1. The third kappa shape index (κ3) is 3.84. The minimum Gasteiger partial charge on any atom is -0.338 e. The first-order valence-electron chi connectivity index (χ1n) is 6.53. The third-order valence-electron chi connectivity index (χ3n) is 3.12. The molecule has 18 heavy (non-hydrogen) atoms. The van der Waals surface area contributed by atoms with Crippen molar-refractivity contribution in [1.82, 2.24) is 4.90 Å². The van der Waals surface area contributed by atoms with E-state index in [-0.39, 0.29) is 5.91 Å². The summed E-state index contributed by atoms with van der Waals surface area (Å²) in [5.41, 5.74) is 3.00. The van der Waals surface area contributed by atoms with Gasteiger partial charge in [0.2, 0.25) is 0 Å². The fourth-order valence-electron chi connectivity index (χ4n) is 2.08. The molecule has 0 atom stereocenters. The molecular weight excluding hydrogens is 290 g/mol. The number of nitrogens with zero attached hydrogens (tertiary/aromatic N) is 1. The Morgan fingerprint density at radius 2 is 1.83 bits per heavy atom. The van der Waals surface area contributed by atoms with Crippen molar-refractivity contribution in [2.45, 2.75) is 33.6 Å². The zero-order valence-corrected chi connectivity index (χ0v) is 13.1. The number of halogens is 1. The number of hydrogen-bond acceptors (Lipinski definition) is 1. The van der Waals surface area contributed by atoms with E-state index in [0.29, 0.717) is 0 Å². The highest BCUT2D eigenvalue weighted by atomic mass is 79.9. The highest BCUT2D eigenvalue weighted by molar-refractivity contribution is 9.09. The largest absolute Gasteiger partial charge is 0.338 e. The molecule has 2 nitrogen and oxygen atoms in total. The Kier molecular flexibility index (Phi) is 6.41. The van der Waals surface area contributed by atoms with Crippen molar-refractivity contribution < 1.29 is 4.79 Å². The van der Waals surface area contributed by atoms with Crippen LogP contribution in [-0.2, 0) is 0 Å². The lowest BCUT2D eigenvalue weighted by Crippen LogP contribution is -2.34. The Labute approximate surface area is 119 Å². The summed E-state index contributed by atoms with van der Waals surface area (Å²) < 4.78 is 0. The first-order valence-corrected chi connectivity index (χ1v) is 7.65. The summed E-state index contributed by atoms with van der Waals surface area (Å²) in [6.07, 6.45) is 2.17. The van der Waals surface area contributed by atoms with Crippen LogP contribution in [0.4, 0.5) is 0 Å². The quantitative estimate of drug-likeness (QED) is 0.729. The van der Waals surface area contributed by atoms with E-state index in [4.69, 9.17) is 0 Å². The minimum atomic E-state index is 0.165. The van der Waals surface area contributed by atoms with Crippen molar-refractivity contribution in [3.05, 3.63) is 34.9 Å². The summed E-state index contributed by atoms with van der Waals surface area (Å²) in [6, 6.07) is 6.01. The van der Waals surface area contributed by atoms with E-state index in [0.717, 1.165) is 48.0 Å². The maximum Gasteiger partial charge on any atom is 0.254 e. The minimum absolute atomic E-state index is 0.165. The number of aryl methyl sites for hydroxylation is 2. The van der Waals surface area contributed by atoms with Gasteiger partial charge in [-0.3, -0.25) is 4.79 Å². The second-order valence-corrected chi connectivity index (χ2v) is 5.39. The second kappa shape index (κ2) is 7.57. The normalized spacial score (nSPS) is 10.4. The zero-order valence-electron chi connectivity index (χ0n) is 11.5. The summed E-state index contributed by atoms with van der Waals surface area (Å²) in [7, 11) is 0. The SMILES string of the molecule is CCCCN(CCBr)C(=O)c1c(C)cccc1C. The van der Waals surface area contributed by atoms with Crippen LogP contribution in [-0.4, -0.2) is 29.2 Å². The van der Waals surface area contributed by atoms with E-state index in [1.807, 2.05) is 36.9 Å². The number of alkyl halides is 1. The lowest BCUT2D eigenvalue weighted by molar-refractivity contribution is 0.0763. The average molecular weight is 312 g/mol. The molecule has 0 N–H and O–H groups in total. The van der Waals surface area contributed by atoms with E-state index < -0.39 is 0 Å². The fraction of sp³-hybridized carbons (Fsp3) is 0.533. The standard InChI is InChI=1S/C15H22BrNO/c1-4-5-10-17(11-9-16)15(18)14-12(2)7-6-8-13(14)3/h6-8H,4-5,9-11H2,1-3H3. The molecule has 1 rings (SSSR count). The fourth-order valence-corrected chi connectivity index (χ4v) is 2.50. The number of rotatable bonds is 6. The Morgan fingerprint density at radius 1 is 1.22 bits per heavy atom. The molecule has 1 aromatic carbocycles. The zero-order chi connectivity index (χ0) is 13.5. The summed E-state index contributed by atoms with van der Waals surface area (Å²) in [4.78, 5) is 14.5. The molecule has 0 bridgehead atoms. The van der Waals surface area contributed by atoms with E-state index in [2.05, 4.69) is 22.9 Å². The molecule has 1 aromatic rings. The molecule has 0 heterocycles. The van der Waals surface area contributed by atoms with Crippen molar-refractivity contribution in [1.29, 1.82) is 0 Å². The molecule has 0 saturated carbocycles. The average Bonchev–Trinajstić information content (AvgIpc) is 2.34. The topological polar surface area (TPSA) is 20.3 Å². The summed E-state index contributed by atoms with van der Waals surface area (Å²) in [6.45, 7) is 7.77. The molecule has 0 aliphatic rings. The van der Waals surface area contributed by atoms with Gasteiger partial charge in [0, 0.05) is 24.0 Å². The maximum absolute atomic E-state index is 12.6. The second-order valence-electron chi connectivity index (χ2n) is 4.60. The molecule has 0 fully saturated rings. The molecule has 1 amide bonds. The smallest absolute Gasteiger partial charge is 0.254 e. The first kappa shape index (κ1) is 15.2. The van der Waals surface area contributed by atoms with Crippen molar-refractivity contribution in [3.63, 3.8) is 0 Å². The predicted octanol–water partition coefficient (Wildman–Crippen LogP) is 3.94. The van der Waals surface area contributed by atoms with Crippen LogP contribution in [0.2, 0.25) is 0 Å². The molecule has 3 heteroatoms. The van der Waals surface area contributed by atoms with Crippen LogP contribution in [0.5, 0.6) is 0 Å². The van der Waals surface area contributed by atoms with Gasteiger partial charge in [0.25, 0.3) is 5.91 Å². The number of hydrogen-bond donors (Lipinski definition) is 0.